The number of morpholine rings is 1. The number of benzene rings is 3. The number of ether oxygens (including phenoxy) is 3. The maximum Gasteiger partial charge on any atom is 0.327 e. The molecule has 0 radical (unpaired) electrons. The Bertz CT molecular complexity index is 2060. The number of piperazine rings is 1. The van der Waals surface area contributed by atoms with Crippen molar-refractivity contribution in [2.45, 2.75) is 38.6 Å². The molecule has 0 bridgehead atoms. The van der Waals surface area contributed by atoms with Gasteiger partial charge in [-0.05, 0) is 93.0 Å². The van der Waals surface area contributed by atoms with Crippen molar-refractivity contribution in [3.05, 3.63) is 88.7 Å². The predicted octanol–water partition coefficient (Wildman–Crippen LogP) is 5.03. The summed E-state index contributed by atoms with van der Waals surface area (Å²) in [4.78, 5) is 52.7. The number of carbonyl (C=O) groups is 2. The average molecular weight is 754 g/mol. The molecule has 2 aliphatic heterocycles. The Morgan fingerprint density at radius 2 is 1.60 bits per heavy atom. The third-order valence-corrected chi connectivity index (χ3v) is 10.8. The summed E-state index contributed by atoms with van der Waals surface area (Å²) in [5.41, 5.74) is 1.14. The van der Waals surface area contributed by atoms with E-state index in [0.29, 0.717) is 124 Å². The molecule has 55 heavy (non-hydrogen) atoms. The minimum absolute atomic E-state index is 0.0714. The van der Waals surface area contributed by atoms with Gasteiger partial charge in [-0.25, -0.2) is 18.8 Å². The smallest absolute Gasteiger partial charge is 0.327 e. The number of halogens is 1. The molecule has 3 amide bonds. The molecule has 3 heterocycles. The molecular weight excluding hydrogens is 705 g/mol. The summed E-state index contributed by atoms with van der Waals surface area (Å²) in [6.07, 6.45) is 4.47. The van der Waals surface area contributed by atoms with Gasteiger partial charge in [-0.1, -0.05) is 12.1 Å². The monoisotopic (exact) mass is 753 g/mol. The minimum Gasteiger partial charge on any atom is -0.493 e. The maximum absolute atomic E-state index is 14.6. The molecule has 1 aromatic heterocycles. The van der Waals surface area contributed by atoms with E-state index in [9.17, 15) is 18.8 Å². The highest BCUT2D eigenvalue weighted by Gasteiger charge is 2.34. The Kier molecular flexibility index (Phi) is 10.9. The fraction of sp³-hybridized carbons (Fsp3) is 0.463. The molecule has 2 aliphatic carbocycles. The lowest BCUT2D eigenvalue weighted by molar-refractivity contribution is -0.136. The number of aromatic nitrogens is 2. The largest absolute Gasteiger partial charge is 0.493 e. The van der Waals surface area contributed by atoms with Crippen molar-refractivity contribution < 1.29 is 28.2 Å². The molecule has 2 saturated carbocycles. The summed E-state index contributed by atoms with van der Waals surface area (Å²) in [7, 11) is 0. The standard InChI is InChI=1S/C41H48FN7O6/c1-28(39-44-35-5-3-2-4-34(35)40(51)49(39)47-18-16-45(17-19-47)25-38(50)46-20-22-53-23-21-46)48(41(52)43-32-12-10-31(42)11-13-32)36-15-14-33(54-26-29-6-7-29)24-37(36)55-27-30-8-9-30/h2-5,10-15,24,28-30H,6-9,16-23,25-27H2,1H3,(H,43,52). The zero-order valence-electron chi connectivity index (χ0n) is 31.2. The van der Waals surface area contributed by atoms with Crippen LogP contribution in [0.5, 0.6) is 11.5 Å². The Hall–Kier alpha value is -5.21. The number of fused-ring (bicyclic) bond motifs is 1. The molecule has 4 aromatic rings. The molecule has 1 unspecified atom stereocenters. The van der Waals surface area contributed by atoms with Crippen LogP contribution in [-0.2, 0) is 9.53 Å². The molecule has 2 saturated heterocycles. The molecule has 4 aliphatic rings. The normalized spacial score (nSPS) is 18.2. The number of urea groups is 1. The fourth-order valence-corrected chi connectivity index (χ4v) is 7.10. The molecule has 1 atom stereocenters. The van der Waals surface area contributed by atoms with Crippen LogP contribution in [0.3, 0.4) is 0 Å². The van der Waals surface area contributed by atoms with Crippen LogP contribution in [0.1, 0.15) is 44.5 Å². The highest BCUT2D eigenvalue weighted by Crippen LogP contribution is 2.40. The Morgan fingerprint density at radius 1 is 0.909 bits per heavy atom. The molecule has 8 rings (SSSR count). The van der Waals surface area contributed by atoms with Crippen LogP contribution in [0, 0.1) is 17.7 Å². The van der Waals surface area contributed by atoms with E-state index in [4.69, 9.17) is 19.2 Å². The van der Waals surface area contributed by atoms with Crippen LogP contribution in [0.15, 0.2) is 71.5 Å². The third kappa shape index (κ3) is 8.70. The number of nitrogens with one attached hydrogen (secondary N) is 1. The summed E-state index contributed by atoms with van der Waals surface area (Å²) >= 11 is 0. The van der Waals surface area contributed by atoms with E-state index in [1.165, 1.54) is 24.3 Å². The van der Waals surface area contributed by atoms with Gasteiger partial charge in [0.05, 0.1) is 55.6 Å². The number of carbonyl (C=O) groups excluding carboxylic acids is 2. The van der Waals surface area contributed by atoms with Crippen LogP contribution in [-0.4, -0.2) is 104 Å². The van der Waals surface area contributed by atoms with Gasteiger partial charge in [-0.15, -0.1) is 0 Å². The minimum atomic E-state index is -0.805. The van der Waals surface area contributed by atoms with E-state index in [2.05, 4.69) is 10.2 Å². The summed E-state index contributed by atoms with van der Waals surface area (Å²) in [5.74, 6) is 2.14. The van der Waals surface area contributed by atoms with E-state index in [1.54, 1.807) is 21.7 Å². The molecule has 3 aromatic carbocycles. The van der Waals surface area contributed by atoms with Gasteiger partial charge in [-0.2, -0.15) is 0 Å². The van der Waals surface area contributed by atoms with Gasteiger partial charge >= 0.3 is 6.03 Å². The van der Waals surface area contributed by atoms with Gasteiger partial charge in [0.1, 0.15) is 17.3 Å². The summed E-state index contributed by atoms with van der Waals surface area (Å²) in [6, 6.07) is 17.0. The Labute approximate surface area is 319 Å². The lowest BCUT2D eigenvalue weighted by Crippen LogP contribution is -2.57. The van der Waals surface area contributed by atoms with E-state index in [1.807, 2.05) is 47.2 Å². The van der Waals surface area contributed by atoms with E-state index >= 15 is 0 Å². The van der Waals surface area contributed by atoms with E-state index in [0.717, 1.165) is 25.7 Å². The second-order valence-corrected chi connectivity index (χ2v) is 14.9. The van der Waals surface area contributed by atoms with Crippen molar-refractivity contribution in [2.75, 3.05) is 87.5 Å². The highest BCUT2D eigenvalue weighted by atomic mass is 19.1. The number of hydrogen-bond acceptors (Lipinski definition) is 9. The van der Waals surface area contributed by atoms with Crippen molar-refractivity contribution in [3.63, 3.8) is 0 Å². The van der Waals surface area contributed by atoms with Crippen LogP contribution < -0.4 is 30.3 Å². The highest BCUT2D eigenvalue weighted by molar-refractivity contribution is 6.03. The van der Waals surface area contributed by atoms with Crippen LogP contribution in [0.4, 0.5) is 20.6 Å². The predicted molar refractivity (Wildman–Crippen MR) is 207 cm³/mol. The van der Waals surface area contributed by atoms with Gasteiger partial charge in [0.2, 0.25) is 5.91 Å². The summed E-state index contributed by atoms with van der Waals surface area (Å²) in [6.45, 7) is 7.56. The zero-order chi connectivity index (χ0) is 37.9. The van der Waals surface area contributed by atoms with E-state index in [-0.39, 0.29) is 11.5 Å². The topological polar surface area (TPSA) is 122 Å². The van der Waals surface area contributed by atoms with Crippen LogP contribution in [0.2, 0.25) is 0 Å². The van der Waals surface area contributed by atoms with Crippen molar-refractivity contribution in [2.24, 2.45) is 11.8 Å². The number of amides is 3. The number of anilines is 2. The zero-order valence-corrected chi connectivity index (χ0v) is 31.2. The van der Waals surface area contributed by atoms with Gasteiger partial charge in [0, 0.05) is 51.0 Å². The van der Waals surface area contributed by atoms with Crippen molar-refractivity contribution >= 4 is 34.2 Å². The van der Waals surface area contributed by atoms with Crippen molar-refractivity contribution in [3.8, 4) is 11.5 Å². The first kappa shape index (κ1) is 36.8. The first-order valence-corrected chi connectivity index (χ1v) is 19.4. The summed E-state index contributed by atoms with van der Waals surface area (Å²) < 4.78 is 33.5. The maximum atomic E-state index is 14.6. The summed E-state index contributed by atoms with van der Waals surface area (Å²) in [5, 5.41) is 5.35. The number of nitrogens with zero attached hydrogens (tertiary/aromatic N) is 6. The molecule has 13 nitrogen and oxygen atoms in total. The SMILES string of the molecule is CC(c1nc2ccccc2c(=O)n1N1CCN(CC(=O)N2CCOCC2)CC1)N(C(=O)Nc1ccc(F)cc1)c1ccc(OCC2CC2)cc1OCC1CC1. The fourth-order valence-electron chi connectivity index (χ4n) is 7.10. The van der Waals surface area contributed by atoms with E-state index < -0.39 is 17.9 Å². The first-order valence-electron chi connectivity index (χ1n) is 19.4. The average Bonchev–Trinajstić information content (AvgIpc) is 4.15. The molecular formula is C41H48FN7O6. The van der Waals surface area contributed by atoms with Gasteiger partial charge in [-0.3, -0.25) is 19.4 Å². The molecule has 0 spiro atoms. The number of rotatable bonds is 13. The molecule has 290 valence electrons. The Balaban J connectivity index is 1.14. The van der Waals surface area contributed by atoms with Gasteiger partial charge in [0.15, 0.2) is 5.82 Å². The van der Waals surface area contributed by atoms with Crippen LogP contribution >= 0.6 is 0 Å². The molecule has 14 heteroatoms. The second-order valence-electron chi connectivity index (χ2n) is 14.9. The number of hydrogen-bond donors (Lipinski definition) is 1. The van der Waals surface area contributed by atoms with Gasteiger partial charge in [0.25, 0.3) is 5.56 Å². The number of para-hydroxylation sites is 1. The van der Waals surface area contributed by atoms with Crippen molar-refractivity contribution in [1.29, 1.82) is 0 Å². The third-order valence-electron chi connectivity index (χ3n) is 10.8. The first-order chi connectivity index (χ1) is 26.8. The van der Waals surface area contributed by atoms with Crippen molar-refractivity contribution in [1.82, 2.24) is 19.5 Å². The lowest BCUT2D eigenvalue weighted by atomic mass is 10.1. The van der Waals surface area contributed by atoms with Crippen LogP contribution in [0.25, 0.3) is 10.9 Å². The molecule has 4 fully saturated rings. The molecule has 1 N–H and O–H groups in total. The Morgan fingerprint density at radius 3 is 2.31 bits per heavy atom. The quantitative estimate of drug-likeness (QED) is 0.201. The second kappa shape index (κ2) is 16.3. The van der Waals surface area contributed by atoms with Gasteiger partial charge < -0.3 is 29.4 Å². The lowest BCUT2D eigenvalue weighted by Gasteiger charge is -2.39.